The molecule has 174 valence electrons. The fourth-order valence-electron chi connectivity index (χ4n) is 3.96. The van der Waals surface area contributed by atoms with Crippen LogP contribution in [0.4, 0.5) is 27.4 Å². The second-order valence-electron chi connectivity index (χ2n) is 8.20. The van der Waals surface area contributed by atoms with Gasteiger partial charge in [0.05, 0.1) is 11.4 Å². The molecule has 0 fully saturated rings. The number of amides is 1. The molecule has 0 bridgehead atoms. The lowest BCUT2D eigenvalue weighted by molar-refractivity contribution is -0.130. The summed E-state index contributed by atoms with van der Waals surface area (Å²) in [5.41, 5.74) is 12.5. The van der Waals surface area contributed by atoms with Gasteiger partial charge in [-0.25, -0.2) is 9.37 Å². The third kappa shape index (κ3) is 3.49. The first-order chi connectivity index (χ1) is 16.2. The molecular formula is C22H22FN9O2. The fraction of sp³-hybridized carbons (Fsp3) is 0.227. The molecule has 1 amide bonds. The van der Waals surface area contributed by atoms with E-state index in [-0.39, 0.29) is 29.5 Å². The molecule has 0 saturated heterocycles. The maximum Gasteiger partial charge on any atom is 0.296 e. The molecule has 1 aromatic carbocycles. The van der Waals surface area contributed by atoms with Gasteiger partial charge < -0.3 is 21.7 Å². The Labute approximate surface area is 192 Å². The van der Waals surface area contributed by atoms with Crippen LogP contribution in [-0.4, -0.2) is 48.7 Å². The van der Waals surface area contributed by atoms with Crippen molar-refractivity contribution in [2.45, 2.75) is 19.9 Å². The molecule has 0 spiro atoms. The Balaban J connectivity index is 1.53. The predicted molar refractivity (Wildman–Crippen MR) is 126 cm³/mol. The zero-order valence-electron chi connectivity index (χ0n) is 18.5. The van der Waals surface area contributed by atoms with Crippen molar-refractivity contribution in [3.05, 3.63) is 58.3 Å². The third-order valence-electron chi connectivity index (χ3n) is 6.04. The van der Waals surface area contributed by atoms with Gasteiger partial charge in [-0.2, -0.15) is 10.1 Å². The number of pyridine rings is 1. The molecule has 0 aliphatic carbocycles. The van der Waals surface area contributed by atoms with Crippen LogP contribution in [0.5, 0.6) is 0 Å². The molecule has 4 heterocycles. The average Bonchev–Trinajstić information content (AvgIpc) is 3.13. The lowest BCUT2D eigenvalue weighted by Crippen LogP contribution is -2.29. The van der Waals surface area contributed by atoms with Gasteiger partial charge in [0.25, 0.3) is 5.56 Å². The van der Waals surface area contributed by atoms with Crippen LogP contribution in [-0.2, 0) is 17.8 Å². The third-order valence-corrected chi connectivity index (χ3v) is 6.04. The van der Waals surface area contributed by atoms with Crippen LogP contribution in [0.3, 0.4) is 0 Å². The van der Waals surface area contributed by atoms with E-state index in [1.807, 2.05) is 6.07 Å². The predicted octanol–water partition coefficient (Wildman–Crippen LogP) is 1.35. The van der Waals surface area contributed by atoms with E-state index in [1.165, 1.54) is 17.1 Å². The number of hydrogen-bond donors (Lipinski definition) is 3. The van der Waals surface area contributed by atoms with Crippen LogP contribution in [0.15, 0.2) is 35.5 Å². The van der Waals surface area contributed by atoms with E-state index in [4.69, 9.17) is 11.5 Å². The first-order valence-corrected chi connectivity index (χ1v) is 10.5. The smallest absolute Gasteiger partial charge is 0.296 e. The summed E-state index contributed by atoms with van der Waals surface area (Å²) in [4.78, 5) is 33.6. The summed E-state index contributed by atoms with van der Waals surface area (Å²) in [5.74, 6) is 0.337. The Kier molecular flexibility index (Phi) is 4.92. The van der Waals surface area contributed by atoms with Crippen LogP contribution in [0.2, 0.25) is 0 Å². The van der Waals surface area contributed by atoms with Crippen LogP contribution < -0.4 is 22.3 Å². The number of fused-ring (bicyclic) bond motifs is 2. The number of nitrogens with two attached hydrogens (primary N) is 2. The van der Waals surface area contributed by atoms with E-state index < -0.39 is 11.4 Å². The minimum absolute atomic E-state index is 0.00445. The van der Waals surface area contributed by atoms with Gasteiger partial charge in [0.1, 0.15) is 24.4 Å². The minimum atomic E-state index is -0.671. The van der Waals surface area contributed by atoms with Crippen molar-refractivity contribution in [3.8, 4) is 5.69 Å². The molecule has 5 N–H and O–H groups in total. The molecule has 34 heavy (non-hydrogen) atoms. The number of aromatic nitrogens is 5. The molecule has 1 aliphatic rings. The minimum Gasteiger partial charge on any atom is -0.396 e. The van der Waals surface area contributed by atoms with E-state index in [9.17, 15) is 9.59 Å². The second kappa shape index (κ2) is 7.83. The second-order valence-corrected chi connectivity index (χ2v) is 8.20. The molecule has 5 rings (SSSR count). The van der Waals surface area contributed by atoms with E-state index in [1.54, 1.807) is 35.7 Å². The van der Waals surface area contributed by atoms with Crippen LogP contribution in [0.25, 0.3) is 16.5 Å². The average molecular weight is 463 g/mol. The molecule has 4 aromatic rings. The van der Waals surface area contributed by atoms with Gasteiger partial charge in [-0.3, -0.25) is 18.8 Å². The maximum atomic E-state index is 15.1. The Hall–Kier alpha value is -4.48. The van der Waals surface area contributed by atoms with E-state index >= 15 is 4.39 Å². The molecule has 0 radical (unpaired) electrons. The number of nitrogen functional groups attached to an aromatic ring is 2. The molecule has 0 atom stereocenters. The topological polar surface area (TPSA) is 150 Å². The number of carbonyl (C=O) groups is 1. The summed E-state index contributed by atoms with van der Waals surface area (Å²) in [5, 5.41) is 8.66. The number of likely N-dealkylation sites (N-methyl/N-ethyl adjacent to an activating group) is 1. The Morgan fingerprint density at radius 3 is 2.68 bits per heavy atom. The number of hydrogen-bond acceptors (Lipinski definition) is 8. The lowest BCUT2D eigenvalue weighted by atomic mass is 10.1. The number of anilines is 4. The van der Waals surface area contributed by atoms with E-state index in [2.05, 4.69) is 20.4 Å². The Morgan fingerprint density at radius 2 is 1.88 bits per heavy atom. The molecule has 1 aliphatic heterocycles. The summed E-state index contributed by atoms with van der Waals surface area (Å²) in [6.07, 6.45) is 3.39. The number of benzene rings is 1. The molecular weight excluding hydrogens is 441 g/mol. The summed E-state index contributed by atoms with van der Waals surface area (Å²) in [7, 11) is 1.77. The highest BCUT2D eigenvalue weighted by Gasteiger charge is 2.20. The summed E-state index contributed by atoms with van der Waals surface area (Å²) >= 11 is 0. The van der Waals surface area contributed by atoms with Crippen molar-refractivity contribution in [3.63, 3.8) is 0 Å². The van der Waals surface area contributed by atoms with Crippen molar-refractivity contribution >= 4 is 39.7 Å². The summed E-state index contributed by atoms with van der Waals surface area (Å²) in [6.45, 7) is 2.40. The van der Waals surface area contributed by atoms with Gasteiger partial charge in [0, 0.05) is 49.1 Å². The zero-order chi connectivity index (χ0) is 24.1. The number of nitrogens with one attached hydrogen (secondary N) is 1. The molecule has 0 saturated carbocycles. The Morgan fingerprint density at radius 1 is 1.09 bits per heavy atom. The van der Waals surface area contributed by atoms with Crippen LogP contribution in [0, 0.1) is 12.7 Å². The lowest BCUT2D eigenvalue weighted by Gasteiger charge is -2.15. The molecule has 11 nitrogen and oxygen atoms in total. The highest BCUT2D eigenvalue weighted by Crippen LogP contribution is 2.31. The Bertz CT molecular complexity index is 1530. The monoisotopic (exact) mass is 463 g/mol. The van der Waals surface area contributed by atoms with Crippen molar-refractivity contribution in [1.29, 1.82) is 0 Å². The van der Waals surface area contributed by atoms with E-state index in [0.29, 0.717) is 41.1 Å². The summed E-state index contributed by atoms with van der Waals surface area (Å²) < 4.78 is 18.2. The van der Waals surface area contributed by atoms with Crippen molar-refractivity contribution in [1.82, 2.24) is 29.2 Å². The maximum absolute atomic E-state index is 15.1. The van der Waals surface area contributed by atoms with Crippen LogP contribution >= 0.6 is 0 Å². The first kappa shape index (κ1) is 21.4. The van der Waals surface area contributed by atoms with Crippen molar-refractivity contribution in [2.24, 2.45) is 0 Å². The highest BCUT2D eigenvalue weighted by atomic mass is 19.1. The SMILES string of the molecule is Cc1c(N)c(=O)ncn1-c1cc2cc(Nc3cc4n(n3)CC(=O)N(C)CC4)ncc2c(N)c1F. The summed E-state index contributed by atoms with van der Waals surface area (Å²) in [6, 6.07) is 5.18. The quantitative estimate of drug-likeness (QED) is 0.385. The van der Waals surface area contributed by atoms with Gasteiger partial charge in [-0.1, -0.05) is 0 Å². The van der Waals surface area contributed by atoms with Crippen LogP contribution in [0.1, 0.15) is 11.4 Å². The molecule has 12 heteroatoms. The highest BCUT2D eigenvalue weighted by molar-refractivity contribution is 5.96. The van der Waals surface area contributed by atoms with Crippen molar-refractivity contribution < 1.29 is 9.18 Å². The van der Waals surface area contributed by atoms with Gasteiger partial charge in [-0.05, 0) is 24.4 Å². The standard InChI is InChI=1S/C22H22FN9O2/c1-11-20(24)22(34)27-10-31(11)15-5-12-6-16(26-8-14(12)21(25)19(15)23)28-17-7-13-3-4-30(2)18(33)9-32(13)29-17/h5-8,10H,3-4,9,24-25H2,1-2H3,(H,26,28,29). The van der Waals surface area contributed by atoms with Gasteiger partial charge >= 0.3 is 0 Å². The zero-order valence-corrected chi connectivity index (χ0v) is 18.5. The first-order valence-electron chi connectivity index (χ1n) is 10.5. The number of nitrogens with zero attached hydrogens (tertiary/aromatic N) is 6. The van der Waals surface area contributed by atoms with Gasteiger partial charge in [0.2, 0.25) is 5.91 Å². The molecule has 3 aromatic heterocycles. The van der Waals surface area contributed by atoms with Crippen molar-refractivity contribution in [2.75, 3.05) is 30.4 Å². The fourth-order valence-corrected chi connectivity index (χ4v) is 3.96. The number of carbonyl (C=O) groups excluding carboxylic acids is 1. The normalized spacial score (nSPS) is 13.7. The molecule has 0 unspecified atom stereocenters. The number of halogens is 1. The van der Waals surface area contributed by atoms with Gasteiger partial charge in [0.15, 0.2) is 11.6 Å². The van der Waals surface area contributed by atoms with Gasteiger partial charge in [-0.15, -0.1) is 0 Å². The largest absolute Gasteiger partial charge is 0.396 e. The number of rotatable bonds is 3. The van der Waals surface area contributed by atoms with E-state index in [0.717, 1.165) is 5.69 Å².